The van der Waals surface area contributed by atoms with Gasteiger partial charge >= 0.3 is 0 Å². The van der Waals surface area contributed by atoms with E-state index in [-0.39, 0.29) is 11.2 Å². The molecule has 0 unspecified atom stereocenters. The summed E-state index contributed by atoms with van der Waals surface area (Å²) in [4.78, 5) is 0. The molecule has 0 radical (unpaired) electrons. The topological polar surface area (TPSA) is 40.5 Å². The molecule has 3 aliphatic rings. The molecular weight excluding hydrogens is 388 g/mol. The van der Waals surface area contributed by atoms with E-state index in [1.807, 2.05) is 6.07 Å². The zero-order chi connectivity index (χ0) is 17.3. The lowest BCUT2D eigenvalue weighted by atomic mass is 9.53. The van der Waals surface area contributed by atoms with Gasteiger partial charge in [-0.3, -0.25) is 0 Å². The summed E-state index contributed by atoms with van der Waals surface area (Å²) in [6.45, 7) is 2.19. The van der Waals surface area contributed by atoms with E-state index in [0.717, 1.165) is 36.6 Å². The molecule has 1 aromatic rings. The molecule has 3 aliphatic carbocycles. The first-order valence-electron chi connectivity index (χ1n) is 8.72. The number of phenolic OH excluding ortho intramolecular Hbond substituents is 1. The van der Waals surface area contributed by atoms with Gasteiger partial charge in [-0.2, -0.15) is 0 Å². The van der Waals surface area contributed by atoms with Crippen molar-refractivity contribution in [3.05, 3.63) is 26.7 Å². The fraction of sp³-hybridized carbons (Fsp3) is 0.600. The Hall–Kier alpha value is -0.690. The monoisotopic (exact) mass is 408 g/mol. The highest BCUT2D eigenvalue weighted by atomic mass is 79.9. The molecule has 4 rings (SSSR count). The molecule has 0 amide bonds. The van der Waals surface area contributed by atoms with Crippen molar-refractivity contribution in [2.45, 2.75) is 57.0 Å². The molecule has 0 heterocycles. The van der Waals surface area contributed by atoms with Crippen LogP contribution in [0.1, 0.15) is 56.1 Å². The number of aliphatic hydroxyl groups is 1. The minimum atomic E-state index is -0.962. The lowest BCUT2D eigenvalue weighted by Crippen LogP contribution is -2.50. The number of terminal acetylenes is 1. The highest BCUT2D eigenvalue weighted by molar-refractivity contribution is 9.10. The van der Waals surface area contributed by atoms with Gasteiger partial charge in [0.15, 0.2) is 0 Å². The highest BCUT2D eigenvalue weighted by Crippen LogP contribution is 2.64. The van der Waals surface area contributed by atoms with Gasteiger partial charge in [0.1, 0.15) is 11.4 Å². The van der Waals surface area contributed by atoms with Crippen LogP contribution in [0.25, 0.3) is 0 Å². The SMILES string of the molecule is C#C[C@]1(O)CC[C@H]2[C@@H]3CCc4c(cc(Cl)c(O)c4Br)[C@H]3CC[C@@]21C. The van der Waals surface area contributed by atoms with E-state index in [1.165, 1.54) is 11.1 Å². The second-order valence-electron chi connectivity index (χ2n) is 8.00. The number of halogens is 2. The van der Waals surface area contributed by atoms with Crippen LogP contribution in [-0.4, -0.2) is 15.8 Å². The van der Waals surface area contributed by atoms with E-state index < -0.39 is 5.60 Å². The first-order chi connectivity index (χ1) is 11.3. The smallest absolute Gasteiger partial charge is 0.148 e. The van der Waals surface area contributed by atoms with Gasteiger partial charge < -0.3 is 10.2 Å². The van der Waals surface area contributed by atoms with Crippen molar-refractivity contribution >= 4 is 27.5 Å². The summed E-state index contributed by atoms with van der Waals surface area (Å²) in [6, 6.07) is 1.96. The van der Waals surface area contributed by atoms with Crippen LogP contribution in [0.3, 0.4) is 0 Å². The normalized spacial score (nSPS) is 40.4. The summed E-state index contributed by atoms with van der Waals surface area (Å²) >= 11 is 9.77. The number of phenols is 1. The largest absolute Gasteiger partial charge is 0.505 e. The predicted molar refractivity (Wildman–Crippen MR) is 99.2 cm³/mol. The lowest BCUT2D eigenvalue weighted by Gasteiger charge is -2.52. The molecule has 0 saturated heterocycles. The quantitative estimate of drug-likeness (QED) is 0.590. The Morgan fingerprint density at radius 1 is 1.33 bits per heavy atom. The maximum atomic E-state index is 11.0. The molecule has 0 aliphatic heterocycles. The second kappa shape index (κ2) is 5.40. The summed E-state index contributed by atoms with van der Waals surface area (Å²) < 4.78 is 0.753. The Bertz CT molecular complexity index is 755. The van der Waals surface area contributed by atoms with Gasteiger partial charge in [0.05, 0.1) is 9.50 Å². The Labute approximate surface area is 156 Å². The molecule has 1 aromatic carbocycles. The highest BCUT2D eigenvalue weighted by Gasteiger charge is 2.61. The first kappa shape index (κ1) is 16.8. The van der Waals surface area contributed by atoms with Gasteiger partial charge in [-0.1, -0.05) is 24.4 Å². The van der Waals surface area contributed by atoms with Crippen LogP contribution in [0, 0.1) is 29.6 Å². The minimum absolute atomic E-state index is 0.150. The van der Waals surface area contributed by atoms with Gasteiger partial charge in [0.2, 0.25) is 0 Å². The Balaban J connectivity index is 1.76. The molecule has 24 heavy (non-hydrogen) atoms. The number of benzene rings is 1. The van der Waals surface area contributed by atoms with Gasteiger partial charge in [-0.05, 0) is 89.4 Å². The Morgan fingerprint density at radius 2 is 2.08 bits per heavy atom. The molecule has 128 valence electrons. The van der Waals surface area contributed by atoms with Crippen molar-refractivity contribution in [1.29, 1.82) is 0 Å². The lowest BCUT2D eigenvalue weighted by molar-refractivity contribution is -0.0647. The molecule has 2 fully saturated rings. The second-order valence-corrected chi connectivity index (χ2v) is 9.20. The summed E-state index contributed by atoms with van der Waals surface area (Å²) in [5.41, 5.74) is 1.33. The van der Waals surface area contributed by atoms with Crippen molar-refractivity contribution in [1.82, 2.24) is 0 Å². The van der Waals surface area contributed by atoms with Gasteiger partial charge in [0.25, 0.3) is 0 Å². The molecule has 2 N–H and O–H groups in total. The molecule has 2 nitrogen and oxygen atoms in total. The molecule has 4 heteroatoms. The summed E-state index contributed by atoms with van der Waals surface area (Å²) in [5, 5.41) is 21.5. The van der Waals surface area contributed by atoms with Crippen LogP contribution in [-0.2, 0) is 6.42 Å². The molecular formula is C20H22BrClO2. The van der Waals surface area contributed by atoms with Crippen LogP contribution in [0.2, 0.25) is 5.02 Å². The van der Waals surface area contributed by atoms with E-state index in [9.17, 15) is 10.2 Å². The van der Waals surface area contributed by atoms with E-state index in [1.54, 1.807) is 0 Å². The molecule has 0 bridgehead atoms. The average molecular weight is 410 g/mol. The third kappa shape index (κ3) is 2.00. The fourth-order valence-corrected chi connectivity index (χ4v) is 6.86. The van der Waals surface area contributed by atoms with Crippen molar-refractivity contribution in [2.24, 2.45) is 17.3 Å². The Morgan fingerprint density at radius 3 is 2.79 bits per heavy atom. The standard InChI is InChI=1S/C20H22BrClO2/c1-3-20(24)9-7-15-12-4-5-13-14(10-16(22)18(23)17(13)21)11(12)6-8-19(15,20)2/h1,10-12,15,23-24H,4-9H2,2H3/t11-,12+,15-,19-,20-/m0/s1. The van der Waals surface area contributed by atoms with Crippen molar-refractivity contribution < 1.29 is 10.2 Å². The zero-order valence-electron chi connectivity index (χ0n) is 13.8. The van der Waals surface area contributed by atoms with Gasteiger partial charge in [-0.25, -0.2) is 0 Å². The summed E-state index contributed by atoms with van der Waals surface area (Å²) in [7, 11) is 0. The van der Waals surface area contributed by atoms with Crippen LogP contribution in [0.4, 0.5) is 0 Å². The number of aromatic hydroxyl groups is 1. The zero-order valence-corrected chi connectivity index (χ0v) is 16.1. The predicted octanol–water partition coefficient (Wildman–Crippen LogP) is 5.03. The van der Waals surface area contributed by atoms with E-state index in [0.29, 0.717) is 29.2 Å². The molecule has 0 spiro atoms. The van der Waals surface area contributed by atoms with Crippen LogP contribution >= 0.6 is 27.5 Å². The van der Waals surface area contributed by atoms with Gasteiger partial charge in [-0.15, -0.1) is 6.42 Å². The maximum Gasteiger partial charge on any atom is 0.148 e. The van der Waals surface area contributed by atoms with Gasteiger partial charge in [0, 0.05) is 5.41 Å². The summed E-state index contributed by atoms with van der Waals surface area (Å²) in [5.74, 6) is 4.30. The molecule has 0 aromatic heterocycles. The first-order valence-corrected chi connectivity index (χ1v) is 9.89. The van der Waals surface area contributed by atoms with E-state index in [4.69, 9.17) is 18.0 Å². The number of rotatable bonds is 0. The molecule has 5 atom stereocenters. The van der Waals surface area contributed by atoms with Crippen LogP contribution in [0.5, 0.6) is 5.75 Å². The Kier molecular flexibility index (Phi) is 3.77. The van der Waals surface area contributed by atoms with Crippen molar-refractivity contribution in [2.75, 3.05) is 0 Å². The average Bonchev–Trinajstić information content (AvgIpc) is 2.85. The summed E-state index contributed by atoms with van der Waals surface area (Å²) in [6.07, 6.45) is 11.4. The maximum absolute atomic E-state index is 11.0. The third-order valence-electron chi connectivity index (χ3n) is 7.28. The van der Waals surface area contributed by atoms with Crippen LogP contribution in [0.15, 0.2) is 10.5 Å². The fourth-order valence-electron chi connectivity index (χ4n) is 5.89. The van der Waals surface area contributed by atoms with E-state index in [2.05, 4.69) is 28.8 Å². The number of hydrogen-bond donors (Lipinski definition) is 2. The number of fused-ring (bicyclic) bond motifs is 5. The third-order valence-corrected chi connectivity index (χ3v) is 8.43. The van der Waals surface area contributed by atoms with Crippen LogP contribution < -0.4 is 0 Å². The molecule has 2 saturated carbocycles. The van der Waals surface area contributed by atoms with E-state index >= 15 is 0 Å². The minimum Gasteiger partial charge on any atom is -0.505 e. The number of hydrogen-bond acceptors (Lipinski definition) is 2. The van der Waals surface area contributed by atoms with Crippen molar-refractivity contribution in [3.63, 3.8) is 0 Å². The van der Waals surface area contributed by atoms with Crippen molar-refractivity contribution in [3.8, 4) is 18.1 Å².